The lowest BCUT2D eigenvalue weighted by molar-refractivity contribution is 0.164. The summed E-state index contributed by atoms with van der Waals surface area (Å²) >= 11 is 4.24. The van der Waals surface area contributed by atoms with Gasteiger partial charge in [-0.1, -0.05) is 42.0 Å². The first-order chi connectivity index (χ1) is 8.37. The molecule has 0 aromatic heterocycles. The largest absolute Gasteiger partial charge is 0.382 e. The van der Waals surface area contributed by atoms with Crippen LogP contribution in [0, 0.1) is 0 Å². The maximum absolute atomic E-state index is 9.64. The Labute approximate surface area is 135 Å². The average Bonchev–Trinajstić information content (AvgIpc) is 2.31. The first kappa shape index (κ1) is 20.7. The van der Waals surface area contributed by atoms with Gasteiger partial charge in [0.2, 0.25) is 0 Å². The molecule has 104 valence electrons. The first-order valence-electron chi connectivity index (χ1n) is 5.86. The van der Waals surface area contributed by atoms with Crippen LogP contribution in [0.25, 0.3) is 0 Å². The normalized spacial score (nSPS) is 14.5. The molecule has 0 amide bonds. The summed E-state index contributed by atoms with van der Waals surface area (Å²) < 4.78 is 0. The maximum atomic E-state index is 9.64. The molecule has 0 aliphatic rings. The SMILES string of the molecule is C=CC(C)(O)/C=C/C=C(\C)CCC=C(C)C.II. The lowest BCUT2D eigenvalue weighted by atomic mass is 10.1. The van der Waals surface area contributed by atoms with Crippen molar-refractivity contribution in [1.29, 1.82) is 0 Å². The fourth-order valence-corrected chi connectivity index (χ4v) is 1.15. The van der Waals surface area contributed by atoms with Gasteiger partial charge in [-0.15, -0.1) is 0 Å². The molecule has 1 N–H and O–H groups in total. The third-order valence-corrected chi connectivity index (χ3v) is 2.32. The van der Waals surface area contributed by atoms with Crippen molar-refractivity contribution >= 4 is 37.2 Å². The second kappa shape index (κ2) is 12.4. The molecular formula is C15H24I2O. The molecule has 0 saturated heterocycles. The lowest BCUT2D eigenvalue weighted by Gasteiger charge is -2.11. The Morgan fingerprint density at radius 2 is 1.83 bits per heavy atom. The van der Waals surface area contributed by atoms with Crippen molar-refractivity contribution in [1.82, 2.24) is 0 Å². The van der Waals surface area contributed by atoms with E-state index in [0.717, 1.165) is 12.8 Å². The Morgan fingerprint density at radius 3 is 2.28 bits per heavy atom. The van der Waals surface area contributed by atoms with E-state index in [1.807, 2.05) is 12.2 Å². The van der Waals surface area contributed by atoms with Gasteiger partial charge >= 0.3 is 0 Å². The van der Waals surface area contributed by atoms with Gasteiger partial charge in [-0.3, -0.25) is 0 Å². The van der Waals surface area contributed by atoms with Crippen molar-refractivity contribution in [3.8, 4) is 0 Å². The molecule has 0 bridgehead atoms. The predicted molar refractivity (Wildman–Crippen MR) is 100 cm³/mol. The summed E-state index contributed by atoms with van der Waals surface area (Å²) in [7, 11) is 0. The van der Waals surface area contributed by atoms with E-state index in [0.29, 0.717) is 0 Å². The molecule has 0 rings (SSSR count). The van der Waals surface area contributed by atoms with Crippen LogP contribution in [0.5, 0.6) is 0 Å². The molecule has 0 fully saturated rings. The molecule has 0 aliphatic carbocycles. The molecule has 0 aliphatic heterocycles. The zero-order valence-electron chi connectivity index (χ0n) is 11.7. The van der Waals surface area contributed by atoms with E-state index in [1.165, 1.54) is 17.2 Å². The van der Waals surface area contributed by atoms with Crippen LogP contribution in [0.15, 0.2) is 48.1 Å². The minimum Gasteiger partial charge on any atom is -0.382 e. The van der Waals surface area contributed by atoms with Crippen LogP contribution in [0.2, 0.25) is 0 Å². The Kier molecular flexibility index (Phi) is 14.3. The van der Waals surface area contributed by atoms with Crippen LogP contribution >= 0.6 is 37.2 Å². The molecule has 0 spiro atoms. The van der Waals surface area contributed by atoms with Crippen molar-refractivity contribution in [2.75, 3.05) is 0 Å². The van der Waals surface area contributed by atoms with Crippen LogP contribution in [-0.4, -0.2) is 10.7 Å². The predicted octanol–water partition coefficient (Wildman–Crippen LogP) is 5.94. The van der Waals surface area contributed by atoms with E-state index >= 15 is 0 Å². The second-order valence-electron chi connectivity index (χ2n) is 4.62. The highest BCUT2D eigenvalue weighted by Crippen LogP contribution is 2.09. The highest BCUT2D eigenvalue weighted by molar-refractivity contribution is 15.0. The summed E-state index contributed by atoms with van der Waals surface area (Å²) in [6.45, 7) is 11.6. The second-order valence-corrected chi connectivity index (χ2v) is 4.62. The fraction of sp³-hybridized carbons (Fsp3) is 0.467. The first-order valence-corrected chi connectivity index (χ1v) is 12.1. The molecule has 0 aromatic rings. The van der Waals surface area contributed by atoms with E-state index in [4.69, 9.17) is 0 Å². The van der Waals surface area contributed by atoms with Crippen molar-refractivity contribution in [3.63, 3.8) is 0 Å². The molecule has 3 heteroatoms. The summed E-state index contributed by atoms with van der Waals surface area (Å²) in [5, 5.41) is 9.64. The van der Waals surface area contributed by atoms with E-state index in [2.05, 4.69) is 70.7 Å². The van der Waals surface area contributed by atoms with Crippen molar-refractivity contribution in [2.45, 2.75) is 46.1 Å². The Hall–Kier alpha value is 0.380. The van der Waals surface area contributed by atoms with E-state index in [1.54, 1.807) is 13.0 Å². The maximum Gasteiger partial charge on any atom is 0.0980 e. The summed E-state index contributed by atoms with van der Waals surface area (Å²) in [4.78, 5) is 0. The van der Waals surface area contributed by atoms with Crippen LogP contribution in [0.4, 0.5) is 0 Å². The van der Waals surface area contributed by atoms with Crippen LogP contribution in [-0.2, 0) is 0 Å². The van der Waals surface area contributed by atoms with E-state index < -0.39 is 5.60 Å². The third-order valence-electron chi connectivity index (χ3n) is 2.32. The topological polar surface area (TPSA) is 20.2 Å². The zero-order valence-corrected chi connectivity index (χ0v) is 16.0. The summed E-state index contributed by atoms with van der Waals surface area (Å²) in [5.41, 5.74) is 1.77. The zero-order chi connectivity index (χ0) is 14.6. The van der Waals surface area contributed by atoms with E-state index in [9.17, 15) is 5.11 Å². The standard InChI is InChI=1S/C15H24O.I2/c1-6-15(5,16)12-8-11-14(4)10-7-9-13(2)3;1-2/h6,8-9,11-12,16H,1,7,10H2,2-5H3;/b12-8+,14-11+;. The van der Waals surface area contributed by atoms with Gasteiger partial charge in [0.15, 0.2) is 0 Å². The number of hydrogen-bond donors (Lipinski definition) is 1. The Balaban J connectivity index is 0. The summed E-state index contributed by atoms with van der Waals surface area (Å²) in [6.07, 6.45) is 11.6. The van der Waals surface area contributed by atoms with Crippen LogP contribution in [0.3, 0.4) is 0 Å². The molecule has 18 heavy (non-hydrogen) atoms. The van der Waals surface area contributed by atoms with Gasteiger partial charge in [0.1, 0.15) is 0 Å². The summed E-state index contributed by atoms with van der Waals surface area (Å²) in [6, 6.07) is 0. The average molecular weight is 474 g/mol. The molecule has 0 aromatic carbocycles. The molecule has 1 unspecified atom stereocenters. The number of allylic oxidation sites excluding steroid dienone is 5. The van der Waals surface area contributed by atoms with Gasteiger partial charge in [-0.25, -0.2) is 0 Å². The van der Waals surface area contributed by atoms with Crippen molar-refractivity contribution in [2.24, 2.45) is 0 Å². The third kappa shape index (κ3) is 14.4. The van der Waals surface area contributed by atoms with Gasteiger partial charge in [-0.05, 0) is 46.6 Å². The molecule has 1 atom stereocenters. The minimum atomic E-state index is -0.906. The van der Waals surface area contributed by atoms with Crippen LogP contribution in [0.1, 0.15) is 40.5 Å². The molecule has 0 radical (unpaired) electrons. The Bertz CT molecular complexity index is 308. The highest BCUT2D eigenvalue weighted by atomic mass is 128. The summed E-state index contributed by atoms with van der Waals surface area (Å²) in [5.74, 6) is 0. The van der Waals surface area contributed by atoms with Crippen LogP contribution < -0.4 is 0 Å². The molecule has 1 nitrogen and oxygen atoms in total. The monoisotopic (exact) mass is 474 g/mol. The number of halogens is 2. The smallest absolute Gasteiger partial charge is 0.0980 e. The Morgan fingerprint density at radius 1 is 1.28 bits per heavy atom. The van der Waals surface area contributed by atoms with Gasteiger partial charge in [0.25, 0.3) is 0 Å². The van der Waals surface area contributed by atoms with Crippen molar-refractivity contribution < 1.29 is 5.11 Å². The number of aliphatic hydroxyl groups is 1. The van der Waals surface area contributed by atoms with Crippen molar-refractivity contribution in [3.05, 3.63) is 48.1 Å². The molecular weight excluding hydrogens is 450 g/mol. The highest BCUT2D eigenvalue weighted by Gasteiger charge is 2.07. The number of rotatable bonds is 6. The minimum absolute atomic E-state index is 0.906. The van der Waals surface area contributed by atoms with Gasteiger partial charge in [0, 0.05) is 37.2 Å². The lowest BCUT2D eigenvalue weighted by Crippen LogP contribution is -2.15. The molecule has 0 saturated carbocycles. The van der Waals surface area contributed by atoms with Gasteiger partial charge in [0.05, 0.1) is 5.60 Å². The fourth-order valence-electron chi connectivity index (χ4n) is 1.15. The quantitative estimate of drug-likeness (QED) is 0.287. The van der Waals surface area contributed by atoms with E-state index in [-0.39, 0.29) is 0 Å². The number of hydrogen-bond acceptors (Lipinski definition) is 1. The van der Waals surface area contributed by atoms with Gasteiger partial charge < -0.3 is 5.11 Å². The molecule has 0 heterocycles. The van der Waals surface area contributed by atoms with Gasteiger partial charge in [-0.2, -0.15) is 0 Å².